The van der Waals surface area contributed by atoms with Gasteiger partial charge < -0.3 is 9.64 Å². The summed E-state index contributed by atoms with van der Waals surface area (Å²) in [6.07, 6.45) is 1.62. The predicted molar refractivity (Wildman–Crippen MR) is 64.9 cm³/mol. The molecule has 0 saturated carbocycles. The SMILES string of the molecule is CC.COCCN(C)C(=O)CCC(C)C. The Kier molecular flexibility index (Phi) is 12.9. The zero-order chi connectivity index (χ0) is 12.3. The van der Waals surface area contributed by atoms with Crippen LogP contribution in [0.5, 0.6) is 0 Å². The number of carbonyl (C=O) groups is 1. The van der Waals surface area contributed by atoms with Crippen LogP contribution in [0.4, 0.5) is 0 Å². The van der Waals surface area contributed by atoms with E-state index in [-0.39, 0.29) is 5.91 Å². The lowest BCUT2D eigenvalue weighted by atomic mass is 10.1. The van der Waals surface area contributed by atoms with Gasteiger partial charge in [-0.3, -0.25) is 4.79 Å². The largest absolute Gasteiger partial charge is 0.383 e. The van der Waals surface area contributed by atoms with Gasteiger partial charge in [0.1, 0.15) is 0 Å². The Bertz CT molecular complexity index is 147. The third-order valence-electron chi connectivity index (χ3n) is 1.99. The molecule has 0 heterocycles. The first-order valence-corrected chi connectivity index (χ1v) is 5.80. The van der Waals surface area contributed by atoms with Gasteiger partial charge in [-0.25, -0.2) is 0 Å². The topological polar surface area (TPSA) is 29.5 Å². The van der Waals surface area contributed by atoms with Crippen molar-refractivity contribution >= 4 is 5.91 Å². The molecular formula is C12H27NO2. The molecule has 3 heteroatoms. The summed E-state index contributed by atoms with van der Waals surface area (Å²) in [7, 11) is 3.47. The third-order valence-corrected chi connectivity index (χ3v) is 1.99. The lowest BCUT2D eigenvalue weighted by Gasteiger charge is -2.16. The number of amides is 1. The van der Waals surface area contributed by atoms with Gasteiger partial charge in [-0.15, -0.1) is 0 Å². The number of nitrogens with zero attached hydrogens (tertiary/aromatic N) is 1. The Labute approximate surface area is 94.8 Å². The van der Waals surface area contributed by atoms with E-state index in [1.165, 1.54) is 0 Å². The minimum Gasteiger partial charge on any atom is -0.383 e. The summed E-state index contributed by atoms with van der Waals surface area (Å²) < 4.78 is 4.89. The molecule has 3 nitrogen and oxygen atoms in total. The molecule has 0 aromatic carbocycles. The second kappa shape index (κ2) is 11.5. The van der Waals surface area contributed by atoms with Gasteiger partial charge >= 0.3 is 0 Å². The molecule has 0 atom stereocenters. The van der Waals surface area contributed by atoms with Crippen LogP contribution in [0.1, 0.15) is 40.5 Å². The van der Waals surface area contributed by atoms with E-state index in [9.17, 15) is 4.79 Å². The number of likely N-dealkylation sites (N-methyl/N-ethyl adjacent to an activating group) is 1. The molecule has 0 spiro atoms. The number of hydrogen-bond donors (Lipinski definition) is 0. The van der Waals surface area contributed by atoms with Crippen LogP contribution < -0.4 is 0 Å². The molecule has 0 rings (SSSR count). The van der Waals surface area contributed by atoms with Crippen LogP contribution in [0.25, 0.3) is 0 Å². The van der Waals surface area contributed by atoms with E-state index in [1.807, 2.05) is 20.9 Å². The Balaban J connectivity index is 0. The fraction of sp³-hybridized carbons (Fsp3) is 0.917. The van der Waals surface area contributed by atoms with E-state index in [1.54, 1.807) is 12.0 Å². The van der Waals surface area contributed by atoms with Crippen molar-refractivity contribution in [2.24, 2.45) is 5.92 Å². The molecule has 0 fully saturated rings. The Morgan fingerprint density at radius 3 is 2.27 bits per heavy atom. The molecular weight excluding hydrogens is 190 g/mol. The highest BCUT2D eigenvalue weighted by Crippen LogP contribution is 2.05. The first-order chi connectivity index (χ1) is 7.07. The average molecular weight is 217 g/mol. The molecule has 1 amide bonds. The van der Waals surface area contributed by atoms with Crippen molar-refractivity contribution in [1.82, 2.24) is 4.90 Å². The van der Waals surface area contributed by atoms with Crippen molar-refractivity contribution in [1.29, 1.82) is 0 Å². The van der Waals surface area contributed by atoms with E-state index < -0.39 is 0 Å². The third kappa shape index (κ3) is 11.4. The van der Waals surface area contributed by atoms with E-state index >= 15 is 0 Å². The fourth-order valence-corrected chi connectivity index (χ4v) is 0.956. The van der Waals surface area contributed by atoms with Crippen LogP contribution >= 0.6 is 0 Å². The number of hydrogen-bond acceptors (Lipinski definition) is 2. The molecule has 0 aliphatic carbocycles. The van der Waals surface area contributed by atoms with Crippen LogP contribution in [0.3, 0.4) is 0 Å². The van der Waals surface area contributed by atoms with Crippen molar-refractivity contribution in [2.45, 2.75) is 40.5 Å². The van der Waals surface area contributed by atoms with Crippen molar-refractivity contribution in [2.75, 3.05) is 27.3 Å². The van der Waals surface area contributed by atoms with Gasteiger partial charge in [0.15, 0.2) is 0 Å². The zero-order valence-corrected chi connectivity index (χ0v) is 11.2. The first kappa shape index (κ1) is 16.8. The maximum Gasteiger partial charge on any atom is 0.222 e. The summed E-state index contributed by atoms with van der Waals surface area (Å²) in [5, 5.41) is 0. The number of rotatable bonds is 6. The first-order valence-electron chi connectivity index (χ1n) is 5.80. The lowest BCUT2D eigenvalue weighted by molar-refractivity contribution is -0.130. The van der Waals surface area contributed by atoms with Crippen LogP contribution in [0.2, 0.25) is 0 Å². The molecule has 0 aromatic heterocycles. The maximum absolute atomic E-state index is 11.4. The van der Waals surface area contributed by atoms with Crippen molar-refractivity contribution < 1.29 is 9.53 Å². The van der Waals surface area contributed by atoms with Gasteiger partial charge in [0.2, 0.25) is 5.91 Å². The summed E-state index contributed by atoms with van der Waals surface area (Å²) >= 11 is 0. The summed E-state index contributed by atoms with van der Waals surface area (Å²) in [6.45, 7) is 9.56. The molecule has 0 radical (unpaired) electrons. The number of ether oxygens (including phenoxy) is 1. The minimum absolute atomic E-state index is 0.214. The van der Waals surface area contributed by atoms with Crippen molar-refractivity contribution in [3.8, 4) is 0 Å². The number of methoxy groups -OCH3 is 1. The molecule has 0 saturated heterocycles. The Hall–Kier alpha value is -0.570. The van der Waals surface area contributed by atoms with Crippen molar-refractivity contribution in [3.63, 3.8) is 0 Å². The highest BCUT2D eigenvalue weighted by molar-refractivity contribution is 5.75. The average Bonchev–Trinajstić information content (AvgIpc) is 2.25. The summed E-state index contributed by atoms with van der Waals surface area (Å²) in [6, 6.07) is 0. The molecule has 0 unspecified atom stereocenters. The van der Waals surface area contributed by atoms with E-state index in [4.69, 9.17) is 4.74 Å². The van der Waals surface area contributed by atoms with Gasteiger partial charge in [0, 0.05) is 27.1 Å². The van der Waals surface area contributed by atoms with Gasteiger partial charge in [0.05, 0.1) is 6.61 Å². The van der Waals surface area contributed by atoms with E-state index in [2.05, 4.69) is 13.8 Å². The molecule has 0 aromatic rings. The summed E-state index contributed by atoms with van der Waals surface area (Å²) in [5.74, 6) is 0.811. The van der Waals surface area contributed by atoms with Gasteiger partial charge in [-0.2, -0.15) is 0 Å². The molecule has 0 aliphatic heterocycles. The molecule has 15 heavy (non-hydrogen) atoms. The highest BCUT2D eigenvalue weighted by Gasteiger charge is 2.08. The number of carbonyl (C=O) groups excluding carboxylic acids is 1. The van der Waals surface area contributed by atoms with Crippen LogP contribution in [-0.2, 0) is 9.53 Å². The quantitative estimate of drug-likeness (QED) is 0.684. The molecule has 0 aliphatic rings. The predicted octanol–water partition coefficient (Wildman–Crippen LogP) is 2.55. The molecule has 0 N–H and O–H groups in total. The maximum atomic E-state index is 11.4. The minimum atomic E-state index is 0.214. The summed E-state index contributed by atoms with van der Waals surface area (Å²) in [4.78, 5) is 13.2. The molecule has 92 valence electrons. The Morgan fingerprint density at radius 1 is 1.33 bits per heavy atom. The molecule has 0 bridgehead atoms. The Morgan fingerprint density at radius 2 is 1.87 bits per heavy atom. The smallest absolute Gasteiger partial charge is 0.222 e. The van der Waals surface area contributed by atoms with Gasteiger partial charge in [-0.05, 0) is 12.3 Å². The summed E-state index contributed by atoms with van der Waals surface area (Å²) in [5.41, 5.74) is 0. The normalized spacial score (nSPS) is 9.53. The monoisotopic (exact) mass is 217 g/mol. The van der Waals surface area contributed by atoms with Crippen molar-refractivity contribution in [3.05, 3.63) is 0 Å². The standard InChI is InChI=1S/C10H21NO2.C2H6/c1-9(2)5-6-10(12)11(3)7-8-13-4;1-2/h9H,5-8H2,1-4H3;1-2H3. The second-order valence-corrected chi connectivity index (χ2v) is 3.74. The zero-order valence-electron chi connectivity index (χ0n) is 11.2. The van der Waals surface area contributed by atoms with Crippen LogP contribution in [0.15, 0.2) is 0 Å². The second-order valence-electron chi connectivity index (χ2n) is 3.74. The van der Waals surface area contributed by atoms with Gasteiger partial charge in [0.25, 0.3) is 0 Å². The van der Waals surface area contributed by atoms with Crippen LogP contribution in [-0.4, -0.2) is 38.1 Å². The lowest BCUT2D eigenvalue weighted by Crippen LogP contribution is -2.29. The van der Waals surface area contributed by atoms with E-state index in [0.717, 1.165) is 6.42 Å². The van der Waals surface area contributed by atoms with Crippen LogP contribution in [0, 0.1) is 5.92 Å². The highest BCUT2D eigenvalue weighted by atomic mass is 16.5. The fourth-order valence-electron chi connectivity index (χ4n) is 0.956. The van der Waals surface area contributed by atoms with E-state index in [0.29, 0.717) is 25.5 Å². The van der Waals surface area contributed by atoms with Gasteiger partial charge in [-0.1, -0.05) is 27.7 Å².